The Balaban J connectivity index is 0.00000196. The molecular weight excluding hydrogens is 253 g/mol. The zero-order valence-corrected chi connectivity index (χ0v) is 9.40. The van der Waals surface area contributed by atoms with Crippen LogP contribution in [0, 0.1) is 5.92 Å². The van der Waals surface area contributed by atoms with Crippen LogP contribution in [0.5, 0.6) is 0 Å². The summed E-state index contributed by atoms with van der Waals surface area (Å²) in [6.45, 7) is 2.11. The maximum Gasteiger partial charge on any atom is 0.442 e. The normalized spacial score (nSPS) is 16.5. The predicted molar refractivity (Wildman–Crippen MR) is 55.1 cm³/mol. The Morgan fingerprint density at radius 1 is 1.47 bits per heavy atom. The number of nitrogens with one attached hydrogen (secondary N) is 2. The maximum atomic E-state index is 11.7. The van der Waals surface area contributed by atoms with Crippen molar-refractivity contribution in [1.82, 2.24) is 10.6 Å². The molecule has 0 aromatic carbocycles. The minimum Gasteiger partial charge on any atom is -0.355 e. The van der Waals surface area contributed by atoms with Crippen LogP contribution in [-0.2, 0) is 4.79 Å². The van der Waals surface area contributed by atoms with Gasteiger partial charge in [-0.25, -0.2) is 0 Å². The van der Waals surface area contributed by atoms with Crippen LogP contribution in [0.25, 0.3) is 0 Å². The van der Waals surface area contributed by atoms with E-state index in [1.165, 1.54) is 0 Å². The third-order valence-electron chi connectivity index (χ3n) is 1.82. The number of thioether (sulfide) groups is 1. The molecule has 1 fully saturated rings. The molecule has 1 amide bonds. The predicted octanol–water partition coefficient (Wildman–Crippen LogP) is 0.997. The molecule has 1 saturated heterocycles. The standard InChI is InChI=1S/C7H11F3N2OS.ClH/c8-7(9,10)14-4-6(13)12-3-5-1-11-2-5;/h5,11H,1-4H2,(H,12,13);1H. The lowest BCUT2D eigenvalue weighted by atomic mass is 10.0. The van der Waals surface area contributed by atoms with Gasteiger partial charge < -0.3 is 10.6 Å². The van der Waals surface area contributed by atoms with Crippen molar-refractivity contribution in [1.29, 1.82) is 0 Å². The lowest BCUT2D eigenvalue weighted by Gasteiger charge is -2.27. The summed E-state index contributed by atoms with van der Waals surface area (Å²) in [7, 11) is 0. The molecule has 3 nitrogen and oxygen atoms in total. The number of hydrogen-bond acceptors (Lipinski definition) is 3. The van der Waals surface area contributed by atoms with Crippen molar-refractivity contribution in [3.05, 3.63) is 0 Å². The zero-order chi connectivity index (χ0) is 10.6. The third-order valence-corrected chi connectivity index (χ3v) is 2.55. The van der Waals surface area contributed by atoms with E-state index in [-0.39, 0.29) is 24.2 Å². The average molecular weight is 265 g/mol. The van der Waals surface area contributed by atoms with Gasteiger partial charge in [-0.05, 0) is 11.8 Å². The van der Waals surface area contributed by atoms with Gasteiger partial charge in [-0.2, -0.15) is 13.2 Å². The van der Waals surface area contributed by atoms with E-state index < -0.39 is 17.2 Å². The molecule has 1 rings (SSSR count). The fourth-order valence-electron chi connectivity index (χ4n) is 0.949. The molecular formula is C7H12ClF3N2OS. The van der Waals surface area contributed by atoms with E-state index in [0.717, 1.165) is 13.1 Å². The summed E-state index contributed by atoms with van der Waals surface area (Å²) in [6, 6.07) is 0. The first-order valence-electron chi connectivity index (χ1n) is 4.15. The smallest absolute Gasteiger partial charge is 0.355 e. The number of hydrogen-bond donors (Lipinski definition) is 2. The number of carbonyl (C=O) groups excluding carboxylic acids is 1. The Morgan fingerprint density at radius 2 is 2.07 bits per heavy atom. The third kappa shape index (κ3) is 6.86. The molecule has 0 aromatic rings. The van der Waals surface area contributed by atoms with Gasteiger partial charge in [-0.1, -0.05) is 0 Å². The lowest BCUT2D eigenvalue weighted by Crippen LogP contribution is -2.48. The Bertz CT molecular complexity index is 211. The molecule has 0 spiro atoms. The van der Waals surface area contributed by atoms with Gasteiger partial charge in [0.25, 0.3) is 0 Å². The van der Waals surface area contributed by atoms with E-state index in [1.54, 1.807) is 0 Å². The molecule has 15 heavy (non-hydrogen) atoms. The van der Waals surface area contributed by atoms with Crippen molar-refractivity contribution in [3.63, 3.8) is 0 Å². The second-order valence-electron chi connectivity index (χ2n) is 3.06. The van der Waals surface area contributed by atoms with E-state index in [4.69, 9.17) is 0 Å². The Labute approximate surface area is 96.0 Å². The van der Waals surface area contributed by atoms with E-state index in [0.29, 0.717) is 12.5 Å². The van der Waals surface area contributed by atoms with Crippen LogP contribution in [-0.4, -0.2) is 36.8 Å². The number of halogens is 4. The molecule has 1 heterocycles. The molecule has 90 valence electrons. The highest BCUT2D eigenvalue weighted by molar-refractivity contribution is 8.00. The van der Waals surface area contributed by atoms with Crippen LogP contribution in [0.3, 0.4) is 0 Å². The quantitative estimate of drug-likeness (QED) is 0.796. The number of carbonyl (C=O) groups is 1. The zero-order valence-electron chi connectivity index (χ0n) is 7.76. The molecule has 0 bridgehead atoms. The summed E-state index contributed by atoms with van der Waals surface area (Å²) in [5, 5.41) is 5.46. The van der Waals surface area contributed by atoms with Crippen LogP contribution in [0.2, 0.25) is 0 Å². The molecule has 0 saturated carbocycles. The highest BCUT2D eigenvalue weighted by atomic mass is 35.5. The lowest BCUT2D eigenvalue weighted by molar-refractivity contribution is -0.119. The van der Waals surface area contributed by atoms with Crippen LogP contribution in [0.1, 0.15) is 0 Å². The van der Waals surface area contributed by atoms with Crippen molar-refractivity contribution in [2.24, 2.45) is 5.92 Å². The Hall–Kier alpha value is -0.140. The molecule has 0 radical (unpaired) electrons. The van der Waals surface area contributed by atoms with Gasteiger partial charge in [0.1, 0.15) is 0 Å². The van der Waals surface area contributed by atoms with E-state index >= 15 is 0 Å². The Kier molecular flexibility index (Phi) is 6.38. The molecule has 8 heteroatoms. The first-order valence-corrected chi connectivity index (χ1v) is 5.14. The summed E-state index contributed by atoms with van der Waals surface area (Å²) in [5.41, 5.74) is -4.32. The van der Waals surface area contributed by atoms with Crippen LogP contribution in [0.4, 0.5) is 13.2 Å². The van der Waals surface area contributed by atoms with Crippen molar-refractivity contribution in [2.75, 3.05) is 25.4 Å². The molecule has 1 aliphatic rings. The maximum absolute atomic E-state index is 11.7. The number of alkyl halides is 3. The molecule has 1 aliphatic heterocycles. The number of rotatable bonds is 4. The highest BCUT2D eigenvalue weighted by Crippen LogP contribution is 2.29. The summed E-state index contributed by atoms with van der Waals surface area (Å²) in [4.78, 5) is 10.9. The first-order chi connectivity index (χ1) is 6.47. The molecule has 0 aliphatic carbocycles. The van der Waals surface area contributed by atoms with Crippen molar-refractivity contribution >= 4 is 30.1 Å². The van der Waals surface area contributed by atoms with Gasteiger partial charge in [0.15, 0.2) is 0 Å². The summed E-state index contributed by atoms with van der Waals surface area (Å²) < 4.78 is 35.0. The monoisotopic (exact) mass is 264 g/mol. The second-order valence-corrected chi connectivity index (χ2v) is 4.10. The fraction of sp³-hybridized carbons (Fsp3) is 0.857. The summed E-state index contributed by atoms with van der Waals surface area (Å²) >= 11 is -0.309. The van der Waals surface area contributed by atoms with Gasteiger partial charge >= 0.3 is 5.51 Å². The van der Waals surface area contributed by atoms with E-state index in [2.05, 4.69) is 10.6 Å². The molecule has 2 N–H and O–H groups in total. The van der Waals surface area contributed by atoms with E-state index in [9.17, 15) is 18.0 Å². The first kappa shape index (κ1) is 14.9. The fourth-order valence-corrected chi connectivity index (χ4v) is 1.35. The van der Waals surface area contributed by atoms with Crippen LogP contribution in [0.15, 0.2) is 0 Å². The van der Waals surface area contributed by atoms with E-state index in [1.807, 2.05) is 0 Å². The van der Waals surface area contributed by atoms with Gasteiger partial charge in [0.2, 0.25) is 5.91 Å². The van der Waals surface area contributed by atoms with Crippen LogP contribution < -0.4 is 10.6 Å². The summed E-state index contributed by atoms with van der Waals surface area (Å²) in [5.74, 6) is -0.738. The van der Waals surface area contributed by atoms with Crippen molar-refractivity contribution in [3.8, 4) is 0 Å². The minimum atomic E-state index is -4.32. The van der Waals surface area contributed by atoms with Gasteiger partial charge in [-0.3, -0.25) is 4.79 Å². The SMILES string of the molecule is Cl.O=C(CSC(F)(F)F)NCC1CNC1. The summed E-state index contributed by atoms with van der Waals surface area (Å²) in [6.07, 6.45) is 0. The largest absolute Gasteiger partial charge is 0.442 e. The molecule has 0 unspecified atom stereocenters. The highest BCUT2D eigenvalue weighted by Gasteiger charge is 2.29. The second kappa shape index (κ2) is 6.44. The van der Waals surface area contributed by atoms with Crippen molar-refractivity contribution in [2.45, 2.75) is 5.51 Å². The topological polar surface area (TPSA) is 41.1 Å². The number of amides is 1. The van der Waals surface area contributed by atoms with Crippen molar-refractivity contribution < 1.29 is 18.0 Å². The van der Waals surface area contributed by atoms with Gasteiger partial charge in [0.05, 0.1) is 5.75 Å². The Morgan fingerprint density at radius 3 is 2.47 bits per heavy atom. The molecule has 0 atom stereocenters. The minimum absolute atomic E-state index is 0. The van der Waals surface area contributed by atoms with Gasteiger partial charge in [-0.15, -0.1) is 12.4 Å². The average Bonchev–Trinajstić information content (AvgIpc) is 1.96. The van der Waals surface area contributed by atoms with Gasteiger partial charge in [0, 0.05) is 25.6 Å². The van der Waals surface area contributed by atoms with Crippen LogP contribution >= 0.6 is 24.2 Å². The molecule has 0 aromatic heterocycles.